The third-order valence-electron chi connectivity index (χ3n) is 5.94. The van der Waals surface area contributed by atoms with Gasteiger partial charge in [-0.15, -0.1) is 0 Å². The third kappa shape index (κ3) is 5.19. The number of pyridine rings is 1. The lowest BCUT2D eigenvalue weighted by molar-refractivity contribution is -0.0384. The van der Waals surface area contributed by atoms with Gasteiger partial charge in [0.05, 0.1) is 16.9 Å². The van der Waals surface area contributed by atoms with Crippen molar-refractivity contribution in [1.29, 1.82) is 0 Å². The molecule has 0 spiro atoms. The van der Waals surface area contributed by atoms with Crippen LogP contribution in [0.3, 0.4) is 0 Å². The third-order valence-corrected chi connectivity index (χ3v) is 6.27. The average molecular weight is 471 g/mol. The summed E-state index contributed by atoms with van der Waals surface area (Å²) in [6.45, 7) is 3.95. The van der Waals surface area contributed by atoms with Crippen LogP contribution >= 0.6 is 11.6 Å². The standard InChI is InChI=1S/C25H25ClF2N4O/c1-15(2)23-30-13-17(14-31-23)24(33)32-22-19(18-5-3-4-6-20(18)26)9-12-29-21(22)16-7-10-25(27,28)11-8-16/h3-6,9,12-16H,7-8,10-11H2,1-2H3,(H,32,33). The molecule has 1 aliphatic rings. The number of rotatable bonds is 5. The van der Waals surface area contributed by atoms with Crippen LogP contribution in [0.2, 0.25) is 5.02 Å². The molecular formula is C25H25ClF2N4O. The number of benzene rings is 1. The fourth-order valence-corrected chi connectivity index (χ4v) is 4.31. The van der Waals surface area contributed by atoms with Crippen molar-refractivity contribution in [3.05, 3.63) is 71.0 Å². The first-order chi connectivity index (χ1) is 15.7. The fourth-order valence-electron chi connectivity index (χ4n) is 4.08. The molecule has 0 unspecified atom stereocenters. The van der Waals surface area contributed by atoms with Crippen molar-refractivity contribution >= 4 is 23.2 Å². The molecule has 4 rings (SSSR count). The second-order valence-electron chi connectivity index (χ2n) is 8.67. The summed E-state index contributed by atoms with van der Waals surface area (Å²) in [5.74, 6) is -2.46. The zero-order valence-electron chi connectivity index (χ0n) is 18.5. The van der Waals surface area contributed by atoms with E-state index < -0.39 is 11.8 Å². The molecule has 0 radical (unpaired) electrons. The Balaban J connectivity index is 1.73. The van der Waals surface area contributed by atoms with E-state index >= 15 is 0 Å². The van der Waals surface area contributed by atoms with Crippen LogP contribution in [0, 0.1) is 0 Å². The van der Waals surface area contributed by atoms with Crippen molar-refractivity contribution in [2.24, 2.45) is 0 Å². The number of anilines is 1. The van der Waals surface area contributed by atoms with E-state index in [9.17, 15) is 13.6 Å². The number of carbonyl (C=O) groups is 1. The minimum atomic E-state index is -2.66. The lowest BCUT2D eigenvalue weighted by Crippen LogP contribution is -2.25. The molecule has 2 heterocycles. The molecule has 0 atom stereocenters. The highest BCUT2D eigenvalue weighted by Gasteiger charge is 2.37. The van der Waals surface area contributed by atoms with Crippen LogP contribution in [0.15, 0.2) is 48.9 Å². The average Bonchev–Trinajstić information content (AvgIpc) is 2.80. The first-order valence-corrected chi connectivity index (χ1v) is 11.4. The number of alkyl halides is 2. The summed E-state index contributed by atoms with van der Waals surface area (Å²) in [6, 6.07) is 9.07. The second-order valence-corrected chi connectivity index (χ2v) is 9.07. The van der Waals surface area contributed by atoms with E-state index in [2.05, 4.69) is 20.3 Å². The number of hydrogen-bond acceptors (Lipinski definition) is 4. The number of nitrogens with one attached hydrogen (secondary N) is 1. The van der Waals surface area contributed by atoms with Gasteiger partial charge in [-0.3, -0.25) is 9.78 Å². The molecule has 172 valence electrons. The molecule has 8 heteroatoms. The minimum Gasteiger partial charge on any atom is -0.320 e. The van der Waals surface area contributed by atoms with Gasteiger partial charge in [0.25, 0.3) is 5.91 Å². The van der Waals surface area contributed by atoms with Gasteiger partial charge in [-0.25, -0.2) is 18.7 Å². The highest BCUT2D eigenvalue weighted by atomic mass is 35.5. The zero-order chi connectivity index (χ0) is 23.6. The highest BCUT2D eigenvalue weighted by molar-refractivity contribution is 6.33. The molecule has 1 aromatic carbocycles. The van der Waals surface area contributed by atoms with Crippen LogP contribution in [0.4, 0.5) is 14.5 Å². The molecule has 1 fully saturated rings. The van der Waals surface area contributed by atoms with Crippen molar-refractivity contribution in [2.75, 3.05) is 5.32 Å². The van der Waals surface area contributed by atoms with Gasteiger partial charge in [0.1, 0.15) is 5.82 Å². The summed E-state index contributed by atoms with van der Waals surface area (Å²) < 4.78 is 27.6. The monoisotopic (exact) mass is 470 g/mol. The predicted octanol–water partition coefficient (Wildman–Crippen LogP) is 6.86. The molecule has 33 heavy (non-hydrogen) atoms. The van der Waals surface area contributed by atoms with E-state index in [1.807, 2.05) is 32.0 Å². The molecule has 1 saturated carbocycles. The maximum absolute atomic E-state index is 13.8. The Bertz CT molecular complexity index is 1140. The largest absolute Gasteiger partial charge is 0.320 e. The predicted molar refractivity (Wildman–Crippen MR) is 125 cm³/mol. The minimum absolute atomic E-state index is 0.142. The summed E-state index contributed by atoms with van der Waals surface area (Å²) >= 11 is 6.45. The Morgan fingerprint density at radius 1 is 1.06 bits per heavy atom. The number of aromatic nitrogens is 3. The van der Waals surface area contributed by atoms with E-state index in [4.69, 9.17) is 11.6 Å². The lowest BCUT2D eigenvalue weighted by atomic mass is 9.83. The van der Waals surface area contributed by atoms with E-state index in [0.29, 0.717) is 46.2 Å². The van der Waals surface area contributed by atoms with Crippen molar-refractivity contribution in [3.8, 4) is 11.1 Å². The van der Waals surface area contributed by atoms with Gasteiger partial charge in [-0.2, -0.15) is 0 Å². The smallest absolute Gasteiger partial charge is 0.258 e. The van der Waals surface area contributed by atoms with Gasteiger partial charge < -0.3 is 5.32 Å². The van der Waals surface area contributed by atoms with Gasteiger partial charge in [-0.05, 0) is 25.0 Å². The maximum Gasteiger partial charge on any atom is 0.258 e. The van der Waals surface area contributed by atoms with Gasteiger partial charge in [-0.1, -0.05) is 43.6 Å². The topological polar surface area (TPSA) is 67.8 Å². The zero-order valence-corrected chi connectivity index (χ0v) is 19.2. The Kier molecular flexibility index (Phi) is 6.70. The van der Waals surface area contributed by atoms with Crippen molar-refractivity contribution in [2.45, 2.75) is 57.3 Å². The quantitative estimate of drug-likeness (QED) is 0.442. The van der Waals surface area contributed by atoms with Crippen LogP contribution in [0.5, 0.6) is 0 Å². The molecule has 0 saturated heterocycles. The van der Waals surface area contributed by atoms with Crippen molar-refractivity contribution in [3.63, 3.8) is 0 Å². The fraction of sp³-hybridized carbons (Fsp3) is 0.360. The summed E-state index contributed by atoms with van der Waals surface area (Å²) in [5.41, 5.74) is 2.80. The van der Waals surface area contributed by atoms with Crippen molar-refractivity contribution in [1.82, 2.24) is 15.0 Å². The second kappa shape index (κ2) is 9.51. The molecule has 3 aromatic rings. The van der Waals surface area contributed by atoms with E-state index in [1.165, 1.54) is 12.4 Å². The molecule has 5 nitrogen and oxygen atoms in total. The van der Waals surface area contributed by atoms with Gasteiger partial charge >= 0.3 is 0 Å². The molecular weight excluding hydrogens is 446 g/mol. The Morgan fingerprint density at radius 3 is 2.36 bits per heavy atom. The number of halogens is 3. The first-order valence-electron chi connectivity index (χ1n) is 11.0. The molecule has 1 aliphatic carbocycles. The van der Waals surface area contributed by atoms with Gasteiger partial charge in [0, 0.05) is 59.4 Å². The summed E-state index contributed by atoms with van der Waals surface area (Å²) in [5, 5.41) is 3.48. The van der Waals surface area contributed by atoms with Crippen LogP contribution in [0.1, 0.15) is 73.2 Å². The molecule has 2 aromatic heterocycles. The SMILES string of the molecule is CC(C)c1ncc(C(=O)Nc2c(-c3ccccc3Cl)ccnc2C2CCC(F)(F)CC2)cn1. The Hall–Kier alpha value is -2.93. The normalized spacial score (nSPS) is 16.1. The van der Waals surface area contributed by atoms with Crippen LogP contribution < -0.4 is 5.32 Å². The Labute approximate surface area is 196 Å². The van der Waals surface area contributed by atoms with Crippen LogP contribution in [0.25, 0.3) is 11.1 Å². The highest BCUT2D eigenvalue weighted by Crippen LogP contribution is 2.45. The summed E-state index contributed by atoms with van der Waals surface area (Å²) in [4.78, 5) is 26.2. The van der Waals surface area contributed by atoms with Crippen LogP contribution in [-0.2, 0) is 0 Å². The molecule has 1 amide bonds. The van der Waals surface area contributed by atoms with Crippen molar-refractivity contribution < 1.29 is 13.6 Å². The summed E-state index contributed by atoms with van der Waals surface area (Å²) in [6.07, 6.45) is 4.80. The number of nitrogens with zero attached hydrogens (tertiary/aromatic N) is 3. The lowest BCUT2D eigenvalue weighted by Gasteiger charge is -2.29. The molecule has 0 aliphatic heterocycles. The number of amides is 1. The van der Waals surface area contributed by atoms with Gasteiger partial charge in [0.15, 0.2) is 0 Å². The first kappa shape index (κ1) is 23.2. The Morgan fingerprint density at radius 2 is 1.73 bits per heavy atom. The molecule has 1 N–H and O–H groups in total. The molecule has 0 bridgehead atoms. The van der Waals surface area contributed by atoms with E-state index in [0.717, 1.165) is 5.56 Å². The summed E-state index contributed by atoms with van der Waals surface area (Å²) in [7, 11) is 0. The van der Waals surface area contributed by atoms with E-state index in [1.54, 1.807) is 18.3 Å². The van der Waals surface area contributed by atoms with Crippen LogP contribution in [-0.4, -0.2) is 26.8 Å². The number of carbonyl (C=O) groups excluding carboxylic acids is 1. The maximum atomic E-state index is 13.8. The van der Waals surface area contributed by atoms with E-state index in [-0.39, 0.29) is 24.7 Å². The van der Waals surface area contributed by atoms with Gasteiger partial charge in [0.2, 0.25) is 5.92 Å². The number of hydrogen-bond donors (Lipinski definition) is 1.